The van der Waals surface area contributed by atoms with Crippen molar-refractivity contribution in [2.45, 2.75) is 13.8 Å². The molecule has 0 unspecified atom stereocenters. The number of aromatic hydroxyl groups is 1. The fourth-order valence-electron chi connectivity index (χ4n) is 0.742. The van der Waals surface area contributed by atoms with Gasteiger partial charge in [0.15, 0.2) is 0 Å². The van der Waals surface area contributed by atoms with Gasteiger partial charge in [-0.2, -0.15) is 0 Å². The van der Waals surface area contributed by atoms with E-state index in [-0.39, 0.29) is 5.75 Å². The molecule has 0 bridgehead atoms. The summed E-state index contributed by atoms with van der Waals surface area (Å²) in [4.78, 5) is 0. The Kier molecular flexibility index (Phi) is 1.86. The summed E-state index contributed by atoms with van der Waals surface area (Å²) >= 11 is 5.69. The van der Waals surface area contributed by atoms with Crippen molar-refractivity contribution < 1.29 is 5.11 Å². The van der Waals surface area contributed by atoms with Gasteiger partial charge in [-0.15, -0.1) is 0 Å². The molecule has 1 rings (SSSR count). The Morgan fingerprint density at radius 3 is 2.50 bits per heavy atom. The first-order valence-electron chi connectivity index (χ1n) is 2.99. The Morgan fingerprint density at radius 1 is 1.40 bits per heavy atom. The maximum absolute atomic E-state index is 9.11. The van der Waals surface area contributed by atoms with E-state index in [1.807, 2.05) is 6.92 Å². The molecule has 0 spiro atoms. The van der Waals surface area contributed by atoms with Gasteiger partial charge in [0.2, 0.25) is 0 Å². The van der Waals surface area contributed by atoms with Crippen molar-refractivity contribution in [3.05, 3.63) is 28.3 Å². The van der Waals surface area contributed by atoms with E-state index in [0.29, 0.717) is 5.02 Å². The number of phenols is 1. The molecule has 0 aromatic heterocycles. The first kappa shape index (κ1) is 7.42. The van der Waals surface area contributed by atoms with Crippen molar-refractivity contribution >= 4 is 11.6 Å². The number of phenolic OH excluding ortho intramolecular Hbond substituents is 1. The monoisotopic (exact) mass is 155 g/mol. The summed E-state index contributed by atoms with van der Waals surface area (Å²) < 4.78 is 0. The van der Waals surface area contributed by atoms with E-state index in [0.717, 1.165) is 11.1 Å². The van der Waals surface area contributed by atoms with Gasteiger partial charge in [0.25, 0.3) is 0 Å². The van der Waals surface area contributed by atoms with E-state index in [4.69, 9.17) is 16.7 Å². The van der Waals surface area contributed by atoms with Crippen LogP contribution in [0.1, 0.15) is 11.1 Å². The zero-order valence-corrected chi connectivity index (χ0v) is 6.66. The third kappa shape index (κ3) is 1.24. The minimum absolute atomic E-state index is 0.204. The van der Waals surface area contributed by atoms with Crippen LogP contribution in [0.2, 0.25) is 5.02 Å². The quantitative estimate of drug-likeness (QED) is 0.610. The van der Waals surface area contributed by atoms with E-state index in [2.05, 4.69) is 6.07 Å². The summed E-state index contributed by atoms with van der Waals surface area (Å²) in [7, 11) is 0. The minimum Gasteiger partial charge on any atom is -0.508 e. The number of halogens is 1. The highest BCUT2D eigenvalue weighted by atomic mass is 35.5. The lowest BCUT2D eigenvalue weighted by Crippen LogP contribution is -1.79. The van der Waals surface area contributed by atoms with Gasteiger partial charge in [0, 0.05) is 5.02 Å². The second-order valence-corrected chi connectivity index (χ2v) is 2.66. The lowest BCUT2D eigenvalue weighted by atomic mass is 10.1. The standard InChI is InChI=1S/C8H8ClO/c1-5-3-6(2)8(10)4-7(5)9/h4,10H,1-2H3. The Labute approximate surface area is 65.3 Å². The highest BCUT2D eigenvalue weighted by molar-refractivity contribution is 6.31. The molecule has 1 N–H and O–H groups in total. The van der Waals surface area contributed by atoms with Gasteiger partial charge in [-0.25, -0.2) is 0 Å². The molecule has 53 valence electrons. The summed E-state index contributed by atoms with van der Waals surface area (Å²) in [6, 6.07) is 4.46. The van der Waals surface area contributed by atoms with Gasteiger partial charge in [-0.3, -0.25) is 0 Å². The third-order valence-electron chi connectivity index (χ3n) is 1.38. The molecule has 0 saturated heterocycles. The second-order valence-electron chi connectivity index (χ2n) is 2.25. The molecular weight excluding hydrogens is 148 g/mol. The summed E-state index contributed by atoms with van der Waals surface area (Å²) in [5, 5.41) is 9.67. The maximum Gasteiger partial charge on any atom is 0.120 e. The molecule has 0 atom stereocenters. The molecule has 1 aromatic carbocycles. The fraction of sp³-hybridized carbons (Fsp3) is 0.250. The van der Waals surface area contributed by atoms with Crippen molar-refractivity contribution in [2.75, 3.05) is 0 Å². The summed E-state index contributed by atoms with van der Waals surface area (Å²) in [5.74, 6) is 0.204. The van der Waals surface area contributed by atoms with Crippen molar-refractivity contribution in [1.29, 1.82) is 0 Å². The average Bonchev–Trinajstić information content (AvgIpc) is 1.84. The van der Waals surface area contributed by atoms with Gasteiger partial charge in [-0.1, -0.05) is 11.6 Å². The Balaban J connectivity index is 3.28. The number of rotatable bonds is 0. The Bertz CT molecular complexity index is 205. The predicted molar refractivity (Wildman–Crippen MR) is 41.4 cm³/mol. The molecule has 0 aliphatic carbocycles. The molecule has 2 heteroatoms. The Hall–Kier alpha value is -0.690. The summed E-state index contributed by atoms with van der Waals surface area (Å²) in [6.45, 7) is 3.65. The van der Waals surface area contributed by atoms with Gasteiger partial charge in [-0.05, 0) is 37.1 Å². The molecule has 1 nitrogen and oxygen atoms in total. The van der Waals surface area contributed by atoms with Crippen LogP contribution in [0.4, 0.5) is 0 Å². The van der Waals surface area contributed by atoms with Crippen molar-refractivity contribution in [3.8, 4) is 5.75 Å². The SMILES string of the molecule is Cc1[c]c(C)c(Cl)cc1O. The molecule has 0 fully saturated rings. The molecule has 0 amide bonds. The summed E-state index contributed by atoms with van der Waals surface area (Å²) in [6.07, 6.45) is 0. The lowest BCUT2D eigenvalue weighted by Gasteiger charge is -2.00. The maximum atomic E-state index is 9.11. The lowest BCUT2D eigenvalue weighted by molar-refractivity contribution is 0.471. The highest BCUT2D eigenvalue weighted by Gasteiger charge is 1.99. The van der Waals surface area contributed by atoms with E-state index < -0.39 is 0 Å². The van der Waals surface area contributed by atoms with Crippen LogP contribution in [-0.2, 0) is 0 Å². The molecule has 10 heavy (non-hydrogen) atoms. The first-order valence-corrected chi connectivity index (χ1v) is 3.37. The summed E-state index contributed by atoms with van der Waals surface area (Å²) in [5.41, 5.74) is 1.61. The van der Waals surface area contributed by atoms with Crippen LogP contribution in [0.5, 0.6) is 5.75 Å². The third-order valence-corrected chi connectivity index (χ3v) is 1.77. The largest absolute Gasteiger partial charge is 0.508 e. The highest BCUT2D eigenvalue weighted by Crippen LogP contribution is 2.23. The van der Waals surface area contributed by atoms with Crippen molar-refractivity contribution in [2.24, 2.45) is 0 Å². The number of hydrogen-bond acceptors (Lipinski definition) is 1. The van der Waals surface area contributed by atoms with Crippen molar-refractivity contribution in [3.63, 3.8) is 0 Å². The molecule has 0 aliphatic heterocycles. The van der Waals surface area contributed by atoms with Crippen LogP contribution >= 0.6 is 11.6 Å². The van der Waals surface area contributed by atoms with Crippen molar-refractivity contribution in [1.82, 2.24) is 0 Å². The van der Waals surface area contributed by atoms with Gasteiger partial charge < -0.3 is 5.11 Å². The molecular formula is C8H8ClO. The first-order chi connectivity index (χ1) is 4.61. The zero-order chi connectivity index (χ0) is 7.72. The Morgan fingerprint density at radius 2 is 2.00 bits per heavy atom. The van der Waals surface area contributed by atoms with Crippen LogP contribution in [0.3, 0.4) is 0 Å². The van der Waals surface area contributed by atoms with Crippen LogP contribution in [0.25, 0.3) is 0 Å². The van der Waals surface area contributed by atoms with Crippen LogP contribution in [0, 0.1) is 19.9 Å². The van der Waals surface area contributed by atoms with E-state index in [1.165, 1.54) is 6.07 Å². The number of benzene rings is 1. The molecule has 1 aromatic rings. The van der Waals surface area contributed by atoms with Gasteiger partial charge >= 0.3 is 0 Å². The molecule has 1 radical (unpaired) electrons. The minimum atomic E-state index is 0.204. The topological polar surface area (TPSA) is 20.2 Å². The smallest absolute Gasteiger partial charge is 0.120 e. The molecule has 0 heterocycles. The van der Waals surface area contributed by atoms with Crippen LogP contribution < -0.4 is 0 Å². The predicted octanol–water partition coefficient (Wildman–Crippen LogP) is 2.46. The van der Waals surface area contributed by atoms with Gasteiger partial charge in [0.1, 0.15) is 5.75 Å². The normalized spacial score (nSPS) is 9.90. The van der Waals surface area contributed by atoms with Crippen LogP contribution in [-0.4, -0.2) is 5.11 Å². The van der Waals surface area contributed by atoms with Gasteiger partial charge in [0.05, 0.1) is 0 Å². The van der Waals surface area contributed by atoms with E-state index in [1.54, 1.807) is 6.92 Å². The van der Waals surface area contributed by atoms with E-state index in [9.17, 15) is 0 Å². The molecule has 0 saturated carbocycles. The molecule has 0 aliphatic rings. The number of hydrogen-bond donors (Lipinski definition) is 1. The second kappa shape index (κ2) is 2.51. The van der Waals surface area contributed by atoms with E-state index >= 15 is 0 Å². The fourth-order valence-corrected chi connectivity index (χ4v) is 0.892. The number of aryl methyl sites for hydroxylation is 2. The average molecular weight is 156 g/mol. The zero-order valence-electron chi connectivity index (χ0n) is 5.90. The van der Waals surface area contributed by atoms with Crippen LogP contribution in [0.15, 0.2) is 6.07 Å².